The van der Waals surface area contributed by atoms with Crippen LogP contribution in [0.4, 0.5) is 22.0 Å². The lowest BCUT2D eigenvalue weighted by atomic mass is 10.1. The molecule has 0 amide bonds. The van der Waals surface area contributed by atoms with Gasteiger partial charge in [-0.1, -0.05) is 0 Å². The average Bonchev–Trinajstić information content (AvgIpc) is 3.09. The van der Waals surface area contributed by atoms with Gasteiger partial charge in [-0.25, -0.2) is 9.55 Å². The zero-order valence-electron chi connectivity index (χ0n) is 14.5. The average molecular weight is 484 g/mol. The van der Waals surface area contributed by atoms with Crippen molar-refractivity contribution in [3.8, 4) is 17.4 Å². The summed E-state index contributed by atoms with van der Waals surface area (Å²) in [6.45, 7) is 0. The van der Waals surface area contributed by atoms with Crippen molar-refractivity contribution < 1.29 is 26.4 Å². The Morgan fingerprint density at radius 1 is 1.07 bits per heavy atom. The van der Waals surface area contributed by atoms with Crippen molar-refractivity contribution in [3.05, 3.63) is 64.1 Å². The molecule has 0 aliphatic rings. The molecule has 0 saturated carbocycles. The first-order chi connectivity index (χ1) is 14.0. The van der Waals surface area contributed by atoms with Crippen molar-refractivity contribution in [2.45, 2.75) is 11.1 Å². The third kappa shape index (κ3) is 3.23. The molecule has 30 heavy (non-hydrogen) atoms. The van der Waals surface area contributed by atoms with Gasteiger partial charge in [0.25, 0.3) is 0 Å². The lowest BCUT2D eigenvalue weighted by Gasteiger charge is -2.16. The molecule has 2 heterocycles. The Hall–Kier alpha value is -3.26. The van der Waals surface area contributed by atoms with Crippen molar-refractivity contribution in [3.63, 3.8) is 0 Å². The Labute approximate surface area is 172 Å². The third-order valence-electron chi connectivity index (χ3n) is 4.32. The minimum atomic E-state index is -5.19. The number of aromatic nitrogens is 2. The zero-order chi connectivity index (χ0) is 21.8. The molecule has 0 radical (unpaired) electrons. The number of hydrogen-bond donors (Lipinski definition) is 0. The monoisotopic (exact) mass is 483 g/mol. The first-order valence-electron chi connectivity index (χ1n) is 8.15. The fraction of sp³-hybridized carbons (Fsp3) is 0.105. The smallest absolute Gasteiger partial charge is 0.449 e. The highest BCUT2D eigenvalue weighted by atomic mass is 79.9. The molecule has 0 atom stereocenters. The van der Waals surface area contributed by atoms with Gasteiger partial charge in [-0.15, -0.1) is 0 Å². The van der Waals surface area contributed by atoms with E-state index < -0.39 is 39.0 Å². The quantitative estimate of drug-likeness (QED) is 0.274. The number of nitriles is 1. The lowest BCUT2D eigenvalue weighted by molar-refractivity contribution is -0.153. The highest BCUT2D eigenvalue weighted by Gasteiger charge is 2.45. The second-order valence-electron chi connectivity index (χ2n) is 6.21. The summed E-state index contributed by atoms with van der Waals surface area (Å²) in [6.07, 6.45) is -5.19. The maximum atomic E-state index is 14.1. The molecule has 2 aromatic heterocycles. The minimum absolute atomic E-state index is 0.0660. The van der Waals surface area contributed by atoms with Gasteiger partial charge in [-0.3, -0.25) is 4.79 Å². The van der Waals surface area contributed by atoms with Gasteiger partial charge in [0.2, 0.25) is 5.82 Å². The van der Waals surface area contributed by atoms with Gasteiger partial charge in [0.1, 0.15) is 11.3 Å². The van der Waals surface area contributed by atoms with Crippen LogP contribution in [0.15, 0.2) is 51.7 Å². The van der Waals surface area contributed by atoms with Crippen LogP contribution in [0.5, 0.6) is 0 Å². The Morgan fingerprint density at radius 3 is 2.30 bits per heavy atom. The second-order valence-corrected chi connectivity index (χ2v) is 7.16. The van der Waals surface area contributed by atoms with E-state index in [4.69, 9.17) is 9.68 Å². The maximum absolute atomic E-state index is 14.1. The molecule has 4 aromatic rings. The van der Waals surface area contributed by atoms with Crippen LogP contribution < -0.4 is 5.43 Å². The first kappa shape index (κ1) is 20.0. The Bertz CT molecular complexity index is 1390. The van der Waals surface area contributed by atoms with Crippen LogP contribution in [-0.2, 0) is 11.1 Å². The topological polar surface area (TPSA) is 71.8 Å². The summed E-state index contributed by atoms with van der Waals surface area (Å²) in [5.74, 6) is -1.91. The van der Waals surface area contributed by atoms with E-state index >= 15 is 0 Å². The molecule has 0 bridgehead atoms. The predicted molar refractivity (Wildman–Crippen MR) is 100 cm³/mol. The van der Waals surface area contributed by atoms with Gasteiger partial charge in [0, 0.05) is 27.6 Å². The van der Waals surface area contributed by atoms with Gasteiger partial charge in [0.15, 0.2) is 11.0 Å². The number of fused-ring (bicyclic) bond motifs is 3. The highest BCUT2D eigenvalue weighted by Crippen LogP contribution is 2.42. The fourth-order valence-corrected chi connectivity index (χ4v) is 3.40. The van der Waals surface area contributed by atoms with Gasteiger partial charge >= 0.3 is 11.1 Å². The molecule has 0 unspecified atom stereocenters. The Balaban J connectivity index is 2.12. The van der Waals surface area contributed by atoms with E-state index in [0.717, 1.165) is 18.2 Å². The van der Waals surface area contributed by atoms with Crippen LogP contribution in [0, 0.1) is 11.3 Å². The van der Waals surface area contributed by atoms with Crippen LogP contribution in [0.2, 0.25) is 0 Å². The van der Waals surface area contributed by atoms with E-state index in [9.17, 15) is 26.7 Å². The third-order valence-corrected chi connectivity index (χ3v) is 4.67. The lowest BCUT2D eigenvalue weighted by Crippen LogP contribution is -2.23. The van der Waals surface area contributed by atoms with Crippen LogP contribution in [-0.4, -0.2) is 9.55 Å². The van der Waals surface area contributed by atoms with Gasteiger partial charge in [-0.2, -0.15) is 27.2 Å². The van der Waals surface area contributed by atoms with Gasteiger partial charge in [-0.05, 0) is 36.4 Å². The normalized spacial score (nSPS) is 12.4. The van der Waals surface area contributed by atoms with Crippen LogP contribution >= 0.6 is 15.9 Å². The summed E-state index contributed by atoms with van der Waals surface area (Å²) in [6, 6.07) is 11.0. The molecule has 0 fully saturated rings. The molecule has 11 heteroatoms. The molecule has 2 aromatic carbocycles. The van der Waals surface area contributed by atoms with Gasteiger partial charge < -0.3 is 4.42 Å². The van der Waals surface area contributed by atoms with Gasteiger partial charge in [0.05, 0.1) is 22.5 Å². The van der Waals surface area contributed by atoms with Crippen LogP contribution in [0.3, 0.4) is 0 Å². The number of benzene rings is 2. The molecule has 0 saturated heterocycles. The SMILES string of the molecule is N#Cc1ccc(-c2cc(=O)c3ccc4nc(C(F)(F)F)n(C(F)(F)Br)c4c3o2)cc1. The van der Waals surface area contributed by atoms with Crippen LogP contribution in [0.1, 0.15) is 11.4 Å². The van der Waals surface area contributed by atoms with Crippen molar-refractivity contribution in [2.75, 3.05) is 0 Å². The highest BCUT2D eigenvalue weighted by molar-refractivity contribution is 9.09. The number of alkyl halides is 6. The summed E-state index contributed by atoms with van der Waals surface area (Å²) in [5, 5.41) is 8.69. The summed E-state index contributed by atoms with van der Waals surface area (Å²) in [7, 11) is 0. The van der Waals surface area contributed by atoms with Crippen molar-refractivity contribution in [1.29, 1.82) is 5.26 Å². The number of rotatable bonds is 2. The number of imidazole rings is 1. The molecule has 0 aliphatic carbocycles. The van der Waals surface area contributed by atoms with Crippen molar-refractivity contribution in [2.24, 2.45) is 0 Å². The standard InChI is InChI=1S/C19H7BrF5N3O2/c20-19(24,25)28-15-12(27-17(28)18(21,22)23)6-5-11-13(29)7-14(30-16(11)15)10-3-1-9(8-26)2-4-10/h1-7H. The van der Waals surface area contributed by atoms with Crippen LogP contribution in [0.25, 0.3) is 33.3 Å². The fourth-order valence-electron chi connectivity index (χ4n) is 3.06. The van der Waals surface area contributed by atoms with E-state index in [1.54, 1.807) is 0 Å². The maximum Gasteiger partial charge on any atom is 0.449 e. The molecular formula is C19H7BrF5N3O2. The Kier molecular flexibility index (Phi) is 4.43. The summed E-state index contributed by atoms with van der Waals surface area (Å²) >= 11 is 1.95. The minimum Gasteiger partial charge on any atom is -0.454 e. The van der Waals surface area contributed by atoms with E-state index in [1.807, 2.05) is 22.0 Å². The van der Waals surface area contributed by atoms with E-state index in [0.29, 0.717) is 11.1 Å². The Morgan fingerprint density at radius 2 is 1.73 bits per heavy atom. The van der Waals surface area contributed by atoms with E-state index in [-0.39, 0.29) is 15.7 Å². The number of halogens is 6. The number of hydrogen-bond acceptors (Lipinski definition) is 4. The first-order valence-corrected chi connectivity index (χ1v) is 8.94. The van der Waals surface area contributed by atoms with E-state index in [1.165, 1.54) is 24.3 Å². The zero-order valence-corrected chi connectivity index (χ0v) is 16.1. The number of nitrogens with zero attached hydrogens (tertiary/aromatic N) is 3. The summed E-state index contributed by atoms with van der Waals surface area (Å²) < 4.78 is 73.6. The molecule has 0 spiro atoms. The van der Waals surface area contributed by atoms with Crippen molar-refractivity contribution in [1.82, 2.24) is 9.55 Å². The summed E-state index contributed by atoms with van der Waals surface area (Å²) in [4.78, 5) is 11.7. The second kappa shape index (κ2) is 6.63. The molecular weight excluding hydrogens is 477 g/mol. The van der Waals surface area contributed by atoms with Crippen molar-refractivity contribution >= 4 is 37.9 Å². The molecule has 5 nitrogen and oxygen atoms in total. The molecule has 4 rings (SSSR count). The predicted octanol–water partition coefficient (Wildman–Crippen LogP) is 5.60. The molecule has 0 aliphatic heterocycles. The molecule has 152 valence electrons. The van der Waals surface area contributed by atoms with E-state index in [2.05, 4.69) is 4.98 Å². The summed E-state index contributed by atoms with van der Waals surface area (Å²) in [5.41, 5.74) is -1.56. The largest absolute Gasteiger partial charge is 0.454 e. The molecule has 0 N–H and O–H groups in total.